The summed E-state index contributed by atoms with van der Waals surface area (Å²) in [6.45, 7) is 10.5. The summed E-state index contributed by atoms with van der Waals surface area (Å²) in [5, 5.41) is 6.42. The van der Waals surface area contributed by atoms with Gasteiger partial charge in [0.1, 0.15) is 23.0 Å². The first-order valence-electron chi connectivity index (χ1n) is 6.64. The maximum atomic E-state index is 12.2. The fourth-order valence-electron chi connectivity index (χ4n) is 1.67. The van der Waals surface area contributed by atoms with Crippen LogP contribution in [-0.2, 0) is 16.0 Å². The van der Waals surface area contributed by atoms with E-state index in [1.165, 1.54) is 0 Å². The van der Waals surface area contributed by atoms with Gasteiger partial charge in [0.15, 0.2) is 0 Å². The number of hydrogen-bond acceptors (Lipinski definition) is 5. The van der Waals surface area contributed by atoms with Gasteiger partial charge in [0.2, 0.25) is 0 Å². The van der Waals surface area contributed by atoms with Gasteiger partial charge in [-0.05, 0) is 41.0 Å². The van der Waals surface area contributed by atoms with Gasteiger partial charge in [-0.2, -0.15) is 0 Å². The molecule has 0 spiro atoms. The van der Waals surface area contributed by atoms with Gasteiger partial charge in [-0.1, -0.05) is 12.1 Å². The molecule has 1 rings (SSSR count). The van der Waals surface area contributed by atoms with E-state index in [4.69, 9.17) is 9.26 Å². The van der Waals surface area contributed by atoms with Crippen molar-refractivity contribution in [1.29, 1.82) is 0 Å². The van der Waals surface area contributed by atoms with E-state index in [9.17, 15) is 9.59 Å². The molecule has 1 atom stereocenters. The van der Waals surface area contributed by atoms with Crippen LogP contribution in [0.4, 0.5) is 0 Å². The molecule has 1 heterocycles. The minimum absolute atomic E-state index is 0.376. The summed E-state index contributed by atoms with van der Waals surface area (Å²) >= 11 is 0. The Bertz CT molecular complexity index is 500. The number of nitrogens with zero attached hydrogens (tertiary/aromatic N) is 1. The van der Waals surface area contributed by atoms with Crippen molar-refractivity contribution < 1.29 is 18.8 Å². The van der Waals surface area contributed by atoms with Crippen LogP contribution in [0.15, 0.2) is 4.52 Å². The van der Waals surface area contributed by atoms with Gasteiger partial charge in [0.05, 0.1) is 5.69 Å². The molecule has 0 aliphatic carbocycles. The Kier molecular flexibility index (Phi) is 4.92. The van der Waals surface area contributed by atoms with Crippen molar-refractivity contribution in [3.8, 4) is 0 Å². The molecular weight excluding hydrogens is 260 g/mol. The summed E-state index contributed by atoms with van der Waals surface area (Å²) in [5.74, 6) is -0.410. The Morgan fingerprint density at radius 1 is 1.40 bits per heavy atom. The Labute approximate surface area is 118 Å². The van der Waals surface area contributed by atoms with Crippen molar-refractivity contribution in [3.05, 3.63) is 17.0 Å². The average molecular weight is 282 g/mol. The van der Waals surface area contributed by atoms with Crippen molar-refractivity contribution in [2.75, 3.05) is 0 Å². The molecule has 6 nitrogen and oxygen atoms in total. The molecule has 0 saturated carbocycles. The van der Waals surface area contributed by atoms with Crippen LogP contribution in [0.25, 0.3) is 0 Å². The van der Waals surface area contributed by atoms with Crippen molar-refractivity contribution >= 4 is 11.9 Å². The van der Waals surface area contributed by atoms with Gasteiger partial charge < -0.3 is 14.6 Å². The van der Waals surface area contributed by atoms with Crippen LogP contribution >= 0.6 is 0 Å². The number of ether oxygens (including phenoxy) is 1. The molecule has 0 aliphatic rings. The molecule has 0 aliphatic heterocycles. The average Bonchev–Trinajstić information content (AvgIpc) is 2.67. The highest BCUT2D eigenvalue weighted by Gasteiger charge is 2.26. The second-order valence-electron chi connectivity index (χ2n) is 5.64. The topological polar surface area (TPSA) is 81.4 Å². The lowest BCUT2D eigenvalue weighted by molar-refractivity contribution is -0.156. The van der Waals surface area contributed by atoms with Gasteiger partial charge >= 0.3 is 5.97 Å². The van der Waals surface area contributed by atoms with E-state index in [0.29, 0.717) is 23.4 Å². The minimum atomic E-state index is -0.735. The zero-order valence-electron chi connectivity index (χ0n) is 12.9. The summed E-state index contributed by atoms with van der Waals surface area (Å²) in [5.41, 5.74) is 0.386. The second kappa shape index (κ2) is 6.07. The maximum Gasteiger partial charge on any atom is 0.328 e. The maximum absolute atomic E-state index is 12.2. The smallest absolute Gasteiger partial charge is 0.328 e. The predicted octanol–water partition coefficient (Wildman–Crippen LogP) is 2.01. The van der Waals surface area contributed by atoms with Gasteiger partial charge in [0, 0.05) is 0 Å². The first kappa shape index (κ1) is 16.2. The number of aromatic nitrogens is 1. The number of carbonyl (C=O) groups is 2. The van der Waals surface area contributed by atoms with E-state index >= 15 is 0 Å². The number of amides is 1. The van der Waals surface area contributed by atoms with Gasteiger partial charge in [-0.25, -0.2) is 4.79 Å². The summed E-state index contributed by atoms with van der Waals surface area (Å²) in [6, 6.07) is -0.735. The lowest BCUT2D eigenvalue weighted by atomic mass is 10.1. The Hall–Kier alpha value is -1.85. The zero-order chi connectivity index (χ0) is 15.5. The number of hydrogen-bond donors (Lipinski definition) is 1. The fourth-order valence-corrected chi connectivity index (χ4v) is 1.67. The molecule has 0 radical (unpaired) electrons. The van der Waals surface area contributed by atoms with Crippen LogP contribution in [0.3, 0.4) is 0 Å². The van der Waals surface area contributed by atoms with Crippen molar-refractivity contribution in [1.82, 2.24) is 10.5 Å². The lowest BCUT2D eigenvalue weighted by Crippen LogP contribution is -2.42. The second-order valence-corrected chi connectivity index (χ2v) is 5.64. The third-order valence-electron chi connectivity index (χ3n) is 2.60. The first-order valence-corrected chi connectivity index (χ1v) is 6.64. The molecule has 1 aromatic heterocycles. The van der Waals surface area contributed by atoms with E-state index < -0.39 is 17.6 Å². The Morgan fingerprint density at radius 2 is 2.00 bits per heavy atom. The molecule has 1 amide bonds. The highest BCUT2D eigenvalue weighted by atomic mass is 16.6. The number of esters is 1. The standard InChI is InChI=1S/C14H22N2O4/c1-7-10-11(9(3)20-16-10)12(17)15-8(2)13(18)19-14(4,5)6/h8H,7H2,1-6H3,(H,15,17)/t8-/m0/s1. The highest BCUT2D eigenvalue weighted by molar-refractivity contribution is 5.98. The van der Waals surface area contributed by atoms with Crippen LogP contribution in [0.1, 0.15) is 56.4 Å². The number of carbonyl (C=O) groups excluding carboxylic acids is 2. The molecule has 1 aromatic rings. The summed E-state index contributed by atoms with van der Waals surface area (Å²) < 4.78 is 10.2. The van der Waals surface area contributed by atoms with E-state index in [1.54, 1.807) is 34.6 Å². The van der Waals surface area contributed by atoms with Crippen LogP contribution in [-0.4, -0.2) is 28.7 Å². The van der Waals surface area contributed by atoms with E-state index in [-0.39, 0.29) is 5.91 Å². The zero-order valence-corrected chi connectivity index (χ0v) is 12.9. The molecule has 0 fully saturated rings. The van der Waals surface area contributed by atoms with Gasteiger partial charge in [-0.3, -0.25) is 4.79 Å². The summed E-state index contributed by atoms with van der Waals surface area (Å²) in [7, 11) is 0. The third kappa shape index (κ3) is 4.08. The molecule has 1 N–H and O–H groups in total. The molecule has 0 bridgehead atoms. The fraction of sp³-hybridized carbons (Fsp3) is 0.643. The lowest BCUT2D eigenvalue weighted by Gasteiger charge is -2.22. The van der Waals surface area contributed by atoms with Crippen LogP contribution in [0.2, 0.25) is 0 Å². The van der Waals surface area contributed by atoms with Gasteiger partial charge in [-0.15, -0.1) is 0 Å². The van der Waals surface area contributed by atoms with Crippen molar-refractivity contribution in [3.63, 3.8) is 0 Å². The quantitative estimate of drug-likeness (QED) is 0.854. The Balaban J connectivity index is 2.75. The molecule has 0 saturated heterocycles. The molecule has 0 unspecified atom stereocenters. The molecule has 20 heavy (non-hydrogen) atoms. The normalized spacial score (nSPS) is 12.9. The van der Waals surface area contributed by atoms with Gasteiger partial charge in [0.25, 0.3) is 5.91 Å². The monoisotopic (exact) mass is 282 g/mol. The Morgan fingerprint density at radius 3 is 2.50 bits per heavy atom. The number of rotatable bonds is 4. The number of aryl methyl sites for hydroxylation is 2. The van der Waals surface area contributed by atoms with Crippen molar-refractivity contribution in [2.45, 2.75) is 59.6 Å². The molecule has 0 aromatic carbocycles. The van der Waals surface area contributed by atoms with E-state index in [0.717, 1.165) is 0 Å². The third-order valence-corrected chi connectivity index (χ3v) is 2.60. The largest absolute Gasteiger partial charge is 0.458 e. The van der Waals surface area contributed by atoms with Crippen molar-refractivity contribution in [2.24, 2.45) is 0 Å². The number of nitrogens with one attached hydrogen (secondary N) is 1. The predicted molar refractivity (Wildman–Crippen MR) is 73.4 cm³/mol. The van der Waals surface area contributed by atoms with E-state index in [2.05, 4.69) is 10.5 Å². The van der Waals surface area contributed by atoms with Crippen LogP contribution in [0.5, 0.6) is 0 Å². The van der Waals surface area contributed by atoms with Crippen LogP contribution in [0, 0.1) is 6.92 Å². The van der Waals surface area contributed by atoms with Crippen LogP contribution < -0.4 is 5.32 Å². The molecule has 6 heteroatoms. The first-order chi connectivity index (χ1) is 9.15. The molecule has 112 valence electrons. The molecular formula is C14H22N2O4. The summed E-state index contributed by atoms with van der Waals surface area (Å²) in [4.78, 5) is 24.0. The summed E-state index contributed by atoms with van der Waals surface area (Å²) in [6.07, 6.45) is 0.584. The minimum Gasteiger partial charge on any atom is -0.458 e. The van der Waals surface area contributed by atoms with E-state index in [1.807, 2.05) is 6.92 Å². The highest BCUT2D eigenvalue weighted by Crippen LogP contribution is 2.14. The SMILES string of the molecule is CCc1noc(C)c1C(=O)N[C@@H](C)C(=O)OC(C)(C)C.